The van der Waals surface area contributed by atoms with E-state index in [0.717, 1.165) is 4.47 Å². The molecule has 0 spiro atoms. The van der Waals surface area contributed by atoms with Crippen molar-refractivity contribution in [3.8, 4) is 0 Å². The molecule has 98 valence electrons. The average molecular weight is 445 g/mol. The molecule has 0 aliphatic carbocycles. The van der Waals surface area contributed by atoms with Crippen LogP contribution >= 0.6 is 47.8 Å². The monoisotopic (exact) mass is 442 g/mol. The van der Waals surface area contributed by atoms with Gasteiger partial charge < -0.3 is 0 Å². The maximum Gasteiger partial charge on any atom is 0.0555 e. The summed E-state index contributed by atoms with van der Waals surface area (Å²) < 4.78 is 1.10. The molecule has 0 heterocycles. The fourth-order valence-corrected chi connectivity index (χ4v) is 2.90. The van der Waals surface area contributed by atoms with Crippen molar-refractivity contribution in [2.75, 3.05) is 0 Å². The summed E-state index contributed by atoms with van der Waals surface area (Å²) in [6.07, 6.45) is 4.29. The highest BCUT2D eigenvalue weighted by molar-refractivity contribution is 9.12. The lowest BCUT2D eigenvalue weighted by atomic mass is 10.1. The molecule has 3 heteroatoms. The molecule has 2 rings (SSSR count). The van der Waals surface area contributed by atoms with Crippen molar-refractivity contribution in [2.24, 2.45) is 0 Å². The number of allylic oxidation sites excluding steroid dienone is 1. The number of halogens is 3. The average Bonchev–Trinajstić information content (AvgIpc) is 2.46. The molecule has 0 saturated carbocycles. The van der Waals surface area contributed by atoms with E-state index in [4.69, 9.17) is 0 Å². The predicted molar refractivity (Wildman–Crippen MR) is 94.0 cm³/mol. The van der Waals surface area contributed by atoms with E-state index in [9.17, 15) is 0 Å². The van der Waals surface area contributed by atoms with E-state index in [1.807, 2.05) is 18.2 Å². The lowest BCUT2D eigenvalue weighted by molar-refractivity contribution is 1.03. The largest absolute Gasteiger partial charge is 0.0829 e. The highest BCUT2D eigenvalue weighted by Crippen LogP contribution is 2.32. The molecule has 0 aromatic heterocycles. The molecular formula is C16H13Br3. The Kier molecular flexibility index (Phi) is 5.86. The molecule has 0 amide bonds. The van der Waals surface area contributed by atoms with Gasteiger partial charge >= 0.3 is 0 Å². The number of hydrogen-bond donors (Lipinski definition) is 0. The van der Waals surface area contributed by atoms with Gasteiger partial charge in [-0.05, 0) is 23.3 Å². The van der Waals surface area contributed by atoms with Crippen molar-refractivity contribution in [1.82, 2.24) is 0 Å². The van der Waals surface area contributed by atoms with E-state index in [2.05, 4.69) is 96.3 Å². The molecule has 2 atom stereocenters. The van der Waals surface area contributed by atoms with E-state index in [0.29, 0.717) is 0 Å². The van der Waals surface area contributed by atoms with Crippen LogP contribution in [0.5, 0.6) is 0 Å². The summed E-state index contributed by atoms with van der Waals surface area (Å²) in [4.78, 5) is 0.513. The Balaban J connectivity index is 2.04. The summed E-state index contributed by atoms with van der Waals surface area (Å²) >= 11 is 10.9. The zero-order chi connectivity index (χ0) is 13.7. The maximum absolute atomic E-state index is 3.73. The SMILES string of the molecule is Brc1ccc(/C=C/C(Br)C(Br)c2ccccc2)cc1. The Bertz CT molecular complexity index is 532. The number of alkyl halides is 2. The highest BCUT2D eigenvalue weighted by atomic mass is 79.9. The molecule has 19 heavy (non-hydrogen) atoms. The van der Waals surface area contributed by atoms with Crippen LogP contribution in [0.3, 0.4) is 0 Å². The Hall–Kier alpha value is -0.380. The van der Waals surface area contributed by atoms with Crippen LogP contribution in [0.1, 0.15) is 16.0 Å². The van der Waals surface area contributed by atoms with Gasteiger partial charge in [0.25, 0.3) is 0 Å². The number of rotatable bonds is 4. The van der Waals surface area contributed by atoms with Crippen molar-refractivity contribution in [3.05, 3.63) is 76.3 Å². The van der Waals surface area contributed by atoms with Gasteiger partial charge in [0.05, 0.1) is 4.83 Å². The first-order chi connectivity index (χ1) is 9.16. The second-order valence-corrected chi connectivity index (χ2v) is 7.13. The Morgan fingerprint density at radius 3 is 2.11 bits per heavy atom. The Morgan fingerprint density at radius 2 is 1.47 bits per heavy atom. The Labute approximate surface area is 139 Å². The van der Waals surface area contributed by atoms with Crippen molar-refractivity contribution in [1.29, 1.82) is 0 Å². The smallest absolute Gasteiger partial charge is 0.0555 e. The quantitative estimate of drug-likeness (QED) is 0.481. The molecule has 0 saturated heterocycles. The van der Waals surface area contributed by atoms with Crippen LogP contribution in [0, 0.1) is 0 Å². The van der Waals surface area contributed by atoms with Crippen LogP contribution in [-0.2, 0) is 0 Å². The number of hydrogen-bond acceptors (Lipinski definition) is 0. The molecule has 0 bridgehead atoms. The zero-order valence-corrected chi connectivity index (χ0v) is 14.9. The van der Waals surface area contributed by atoms with Gasteiger partial charge in [-0.2, -0.15) is 0 Å². The third-order valence-corrected chi connectivity index (χ3v) is 5.91. The Morgan fingerprint density at radius 1 is 0.842 bits per heavy atom. The molecule has 0 aliphatic heterocycles. The summed E-state index contributed by atoms with van der Waals surface area (Å²) in [5.41, 5.74) is 2.46. The van der Waals surface area contributed by atoms with E-state index in [-0.39, 0.29) is 9.65 Å². The van der Waals surface area contributed by atoms with Crippen LogP contribution in [-0.4, -0.2) is 4.83 Å². The van der Waals surface area contributed by atoms with Crippen molar-refractivity contribution >= 4 is 53.9 Å². The van der Waals surface area contributed by atoms with Crippen molar-refractivity contribution in [2.45, 2.75) is 9.65 Å². The minimum Gasteiger partial charge on any atom is -0.0829 e. The van der Waals surface area contributed by atoms with Gasteiger partial charge in [-0.1, -0.05) is 102 Å². The van der Waals surface area contributed by atoms with Gasteiger partial charge in [0, 0.05) is 9.30 Å². The molecule has 2 aromatic rings. The lowest BCUT2D eigenvalue weighted by Gasteiger charge is -2.13. The molecule has 0 nitrogen and oxygen atoms in total. The summed E-state index contributed by atoms with van der Waals surface area (Å²) in [7, 11) is 0. The second-order valence-electron chi connectivity index (χ2n) is 4.17. The molecule has 0 radical (unpaired) electrons. The van der Waals surface area contributed by atoms with E-state index in [1.54, 1.807) is 0 Å². The predicted octanol–water partition coefficient (Wildman–Crippen LogP) is 6.36. The fraction of sp³-hybridized carbons (Fsp3) is 0.125. The second kappa shape index (κ2) is 7.41. The third kappa shape index (κ3) is 4.59. The van der Waals surface area contributed by atoms with Gasteiger partial charge in [0.1, 0.15) is 0 Å². The van der Waals surface area contributed by atoms with Gasteiger partial charge in [-0.15, -0.1) is 0 Å². The van der Waals surface area contributed by atoms with Gasteiger partial charge in [0.2, 0.25) is 0 Å². The summed E-state index contributed by atoms with van der Waals surface area (Å²) in [5, 5.41) is 0. The van der Waals surface area contributed by atoms with Crippen LogP contribution < -0.4 is 0 Å². The van der Waals surface area contributed by atoms with Gasteiger partial charge in [-0.3, -0.25) is 0 Å². The molecular weight excluding hydrogens is 432 g/mol. The molecule has 0 N–H and O–H groups in total. The van der Waals surface area contributed by atoms with E-state index < -0.39 is 0 Å². The van der Waals surface area contributed by atoms with Crippen LogP contribution in [0.2, 0.25) is 0 Å². The first-order valence-electron chi connectivity index (χ1n) is 5.93. The first kappa shape index (κ1) is 15.0. The first-order valence-corrected chi connectivity index (χ1v) is 8.56. The highest BCUT2D eigenvalue weighted by Gasteiger charge is 2.14. The minimum atomic E-state index is 0.249. The third-order valence-electron chi connectivity index (χ3n) is 2.74. The van der Waals surface area contributed by atoms with E-state index >= 15 is 0 Å². The lowest BCUT2D eigenvalue weighted by Crippen LogP contribution is -2.02. The summed E-state index contributed by atoms with van der Waals surface area (Å²) in [6, 6.07) is 18.7. The molecule has 0 aliphatic rings. The molecule has 2 unspecified atom stereocenters. The van der Waals surface area contributed by atoms with Crippen LogP contribution in [0.15, 0.2) is 65.1 Å². The standard InChI is InChI=1S/C16H13Br3/c17-14-9-6-12(7-10-14)8-11-15(18)16(19)13-4-2-1-3-5-13/h1-11,15-16H/b11-8+. The molecule has 0 fully saturated rings. The van der Waals surface area contributed by atoms with E-state index in [1.165, 1.54) is 11.1 Å². The normalized spacial score (nSPS) is 14.5. The number of benzene rings is 2. The summed E-state index contributed by atoms with van der Waals surface area (Å²) in [6.45, 7) is 0. The minimum absolute atomic E-state index is 0.249. The maximum atomic E-state index is 3.73. The fourth-order valence-electron chi connectivity index (χ4n) is 1.70. The van der Waals surface area contributed by atoms with Crippen molar-refractivity contribution < 1.29 is 0 Å². The summed E-state index contributed by atoms with van der Waals surface area (Å²) in [5.74, 6) is 0. The zero-order valence-electron chi connectivity index (χ0n) is 10.1. The van der Waals surface area contributed by atoms with Gasteiger partial charge in [0.15, 0.2) is 0 Å². The topological polar surface area (TPSA) is 0 Å². The van der Waals surface area contributed by atoms with Gasteiger partial charge in [-0.25, -0.2) is 0 Å². The van der Waals surface area contributed by atoms with Crippen molar-refractivity contribution in [3.63, 3.8) is 0 Å². The molecule has 2 aromatic carbocycles. The van der Waals surface area contributed by atoms with Crippen LogP contribution in [0.25, 0.3) is 6.08 Å². The van der Waals surface area contributed by atoms with Crippen LogP contribution in [0.4, 0.5) is 0 Å².